The van der Waals surface area contributed by atoms with E-state index in [4.69, 9.17) is 11.6 Å². The second kappa shape index (κ2) is 28.2. The van der Waals surface area contributed by atoms with Crippen LogP contribution in [0.4, 0.5) is 15.4 Å². The topological polar surface area (TPSA) is 144 Å². The Kier molecular flexibility index (Phi) is 30.3. The zero-order valence-electron chi connectivity index (χ0n) is 25.5. The lowest BCUT2D eigenvalue weighted by Crippen LogP contribution is -2.11. The Morgan fingerprint density at radius 3 is 1.52 bits per heavy atom. The zero-order valence-corrected chi connectivity index (χ0v) is 33.4. The van der Waals surface area contributed by atoms with Gasteiger partial charge in [0.25, 0.3) is 0 Å². The van der Waals surface area contributed by atoms with Gasteiger partial charge >= 0.3 is 0 Å². The van der Waals surface area contributed by atoms with E-state index in [2.05, 4.69) is 80.4 Å². The van der Waals surface area contributed by atoms with Crippen molar-refractivity contribution in [2.75, 3.05) is 58.2 Å². The molecular weight excluding hydrogens is 846 g/mol. The van der Waals surface area contributed by atoms with Crippen molar-refractivity contribution in [3.05, 3.63) is 31.6 Å². The molecule has 3 heterocycles. The summed E-state index contributed by atoms with van der Waals surface area (Å²) in [5, 5.41) is 16.3. The molecule has 44 heavy (non-hydrogen) atoms. The highest BCUT2D eigenvalue weighted by atomic mass is 80.9. The average Bonchev–Trinajstić information content (AvgIpc) is 3.61. The summed E-state index contributed by atoms with van der Waals surface area (Å²) in [7, 11) is 11.7. The standard InChI is InChI=1S/C8H12BrN3OS.C8H13N3OS.C6H7ClN2OS.C2H7N.CH4.Br2/c1-5(13)10-8-11-6(4-12(2)3)7(9)14-8;1-6(12)9-8-10-7(5-13-8)4-11(2)3;1-4(10)8-6-9-5(2-7)3-11-6;1-3-2;;1-2/h4H2,1-3H3,(H,10,11,13);5H,4H2,1-3H3,(H,9,10,12);3H,2H2,1H3,(H,8,9,10);3H,1-2H3;1H4;. The van der Waals surface area contributed by atoms with Crippen LogP contribution in [0.25, 0.3) is 0 Å². The number of carbonyl (C=O) groups excluding carboxylic acids is 3. The second-order valence-electron chi connectivity index (χ2n) is 8.68. The number of nitrogens with one attached hydrogen (secondary N) is 4. The van der Waals surface area contributed by atoms with Crippen molar-refractivity contribution in [3.63, 3.8) is 0 Å². The molecule has 252 valence electrons. The first kappa shape index (κ1) is 47.3. The van der Waals surface area contributed by atoms with Crippen LogP contribution in [0.3, 0.4) is 0 Å². The van der Waals surface area contributed by atoms with Gasteiger partial charge in [0, 0.05) is 72.9 Å². The van der Waals surface area contributed by atoms with E-state index >= 15 is 0 Å². The molecule has 0 aromatic carbocycles. The van der Waals surface area contributed by atoms with Crippen LogP contribution in [0.5, 0.6) is 0 Å². The van der Waals surface area contributed by atoms with Gasteiger partial charge in [0.1, 0.15) is 0 Å². The fourth-order valence-corrected chi connectivity index (χ4v) is 5.58. The third kappa shape index (κ3) is 25.1. The molecule has 3 aromatic heterocycles. The number of alkyl halides is 1. The third-order valence-electron chi connectivity index (χ3n) is 3.68. The molecule has 0 saturated carbocycles. The number of rotatable bonds is 8. The molecule has 12 nitrogen and oxygen atoms in total. The van der Waals surface area contributed by atoms with Crippen molar-refractivity contribution in [1.82, 2.24) is 30.1 Å². The summed E-state index contributed by atoms with van der Waals surface area (Å²) in [5.74, 6) is 0.102. The highest BCUT2D eigenvalue weighted by molar-refractivity contribution is 9.93. The SMILES string of the molecule is BrBr.C.CC(=O)Nc1nc(CCl)cs1.CC(=O)Nc1nc(CN(C)C)c(Br)s1.CC(=O)Nc1nc(CN(C)C)cs1.CNC. The highest BCUT2D eigenvalue weighted by Crippen LogP contribution is 2.29. The van der Waals surface area contributed by atoms with Gasteiger partial charge in [-0.1, -0.05) is 18.8 Å². The molecule has 0 radical (unpaired) electrons. The molecular formula is C25H43Br3ClN9O3S3. The second-order valence-corrected chi connectivity index (χ2v) is 13.0. The first-order valence-electron chi connectivity index (χ1n) is 12.2. The minimum atomic E-state index is -0.111. The lowest BCUT2D eigenvalue weighted by Gasteiger charge is -2.06. The van der Waals surface area contributed by atoms with Gasteiger partial charge in [0.15, 0.2) is 15.4 Å². The van der Waals surface area contributed by atoms with E-state index in [1.807, 2.05) is 62.8 Å². The van der Waals surface area contributed by atoms with Gasteiger partial charge in [-0.2, -0.15) is 0 Å². The molecule has 19 heteroatoms. The minimum absolute atomic E-state index is 0. The van der Waals surface area contributed by atoms with Gasteiger partial charge in [0.2, 0.25) is 17.7 Å². The first-order valence-corrected chi connectivity index (χ1v) is 19.8. The van der Waals surface area contributed by atoms with E-state index < -0.39 is 0 Å². The summed E-state index contributed by atoms with van der Waals surface area (Å²) in [6.07, 6.45) is 0. The third-order valence-corrected chi connectivity index (χ3v) is 7.31. The normalized spacial score (nSPS) is 9.43. The van der Waals surface area contributed by atoms with Crippen molar-refractivity contribution < 1.29 is 14.4 Å². The summed E-state index contributed by atoms with van der Waals surface area (Å²) in [6, 6.07) is 0. The maximum Gasteiger partial charge on any atom is 0.223 e. The number of halogens is 4. The summed E-state index contributed by atoms with van der Waals surface area (Å²) < 4.78 is 0.968. The zero-order chi connectivity index (χ0) is 33.5. The van der Waals surface area contributed by atoms with Gasteiger partial charge in [0.05, 0.1) is 26.7 Å². The van der Waals surface area contributed by atoms with E-state index in [0.717, 1.165) is 34.0 Å². The van der Waals surface area contributed by atoms with Gasteiger partial charge in [-0.25, -0.2) is 15.0 Å². The molecule has 0 aliphatic carbocycles. The molecule has 0 saturated heterocycles. The Morgan fingerprint density at radius 1 is 0.773 bits per heavy atom. The minimum Gasteiger partial charge on any atom is -0.323 e. The predicted octanol–water partition coefficient (Wildman–Crippen LogP) is 7.09. The van der Waals surface area contributed by atoms with Crippen LogP contribution in [-0.2, 0) is 33.4 Å². The fourth-order valence-electron chi connectivity index (χ4n) is 2.42. The molecule has 3 aromatic rings. The summed E-state index contributed by atoms with van der Waals surface area (Å²) in [5.41, 5.74) is 2.72. The molecule has 4 N–H and O–H groups in total. The number of hydrogen-bond acceptors (Lipinski definition) is 12. The molecule has 0 spiro atoms. The molecule has 0 aliphatic heterocycles. The number of thiazole rings is 3. The molecule has 3 amide bonds. The highest BCUT2D eigenvalue weighted by Gasteiger charge is 2.10. The van der Waals surface area contributed by atoms with Crippen molar-refractivity contribution in [2.24, 2.45) is 0 Å². The average molecular weight is 889 g/mol. The van der Waals surface area contributed by atoms with Gasteiger partial charge in [-0.05, 0) is 58.2 Å². The van der Waals surface area contributed by atoms with E-state index in [1.54, 1.807) is 0 Å². The van der Waals surface area contributed by atoms with Crippen LogP contribution in [0, 0.1) is 0 Å². The van der Waals surface area contributed by atoms with Crippen molar-refractivity contribution >= 4 is 123 Å². The molecule has 0 aliphatic rings. The van der Waals surface area contributed by atoms with Crippen molar-refractivity contribution in [3.8, 4) is 0 Å². The number of nitrogens with zero attached hydrogens (tertiary/aromatic N) is 5. The quantitative estimate of drug-likeness (QED) is 0.174. The van der Waals surface area contributed by atoms with E-state index in [0.29, 0.717) is 21.3 Å². The Morgan fingerprint density at radius 2 is 1.16 bits per heavy atom. The number of anilines is 3. The van der Waals surface area contributed by atoms with Crippen LogP contribution in [0.1, 0.15) is 45.3 Å². The smallest absolute Gasteiger partial charge is 0.223 e. The Labute approximate surface area is 302 Å². The van der Waals surface area contributed by atoms with Crippen LogP contribution >= 0.6 is 89.8 Å². The largest absolute Gasteiger partial charge is 0.323 e. The number of aromatic nitrogens is 3. The van der Waals surface area contributed by atoms with Crippen LogP contribution in [0.15, 0.2) is 14.5 Å². The van der Waals surface area contributed by atoms with E-state index in [1.165, 1.54) is 54.8 Å². The monoisotopic (exact) mass is 885 g/mol. The van der Waals surface area contributed by atoms with Crippen LogP contribution < -0.4 is 21.3 Å². The van der Waals surface area contributed by atoms with Crippen LogP contribution in [0.2, 0.25) is 0 Å². The number of amides is 3. The van der Waals surface area contributed by atoms with Crippen molar-refractivity contribution in [2.45, 2.75) is 47.2 Å². The Hall–Kier alpha value is -1.09. The first-order chi connectivity index (χ1) is 20.2. The lowest BCUT2D eigenvalue weighted by atomic mass is 10.5. The summed E-state index contributed by atoms with van der Waals surface area (Å²) in [4.78, 5) is 48.6. The molecule has 3 rings (SSSR count). The molecule has 0 fully saturated rings. The molecule has 0 unspecified atom stereocenters. The van der Waals surface area contributed by atoms with Gasteiger partial charge in [-0.15, -0.1) is 34.3 Å². The van der Waals surface area contributed by atoms with E-state index in [9.17, 15) is 14.4 Å². The summed E-state index contributed by atoms with van der Waals surface area (Å²) >= 11 is 18.7. The summed E-state index contributed by atoms with van der Waals surface area (Å²) in [6.45, 7) is 5.96. The van der Waals surface area contributed by atoms with Gasteiger partial charge in [-0.3, -0.25) is 14.4 Å². The maximum absolute atomic E-state index is 10.8. The van der Waals surface area contributed by atoms with Gasteiger partial charge < -0.3 is 31.1 Å². The number of carbonyl (C=O) groups is 3. The number of hydrogen-bond donors (Lipinski definition) is 4. The molecule has 0 atom stereocenters. The fraction of sp³-hybridized carbons (Fsp3) is 0.520. The van der Waals surface area contributed by atoms with E-state index in [-0.39, 0.29) is 25.1 Å². The Bertz CT molecular complexity index is 1210. The van der Waals surface area contributed by atoms with Crippen LogP contribution in [-0.4, -0.2) is 84.8 Å². The predicted molar refractivity (Wildman–Crippen MR) is 201 cm³/mol. The maximum atomic E-state index is 10.8. The Balaban J connectivity index is -0.000000530. The molecule has 0 bridgehead atoms. The van der Waals surface area contributed by atoms with Crippen molar-refractivity contribution in [1.29, 1.82) is 0 Å². The lowest BCUT2D eigenvalue weighted by molar-refractivity contribution is -0.115.